The lowest BCUT2D eigenvalue weighted by Gasteiger charge is -2.23. The van der Waals surface area contributed by atoms with Gasteiger partial charge in [-0.2, -0.15) is 0 Å². The molecule has 0 unspecified atom stereocenters. The number of nitrogens with zero attached hydrogens (tertiary/aromatic N) is 1. The monoisotopic (exact) mass is 173 g/mol. The fourth-order valence-electron chi connectivity index (χ4n) is 1.09. The molecular weight excluding hydrogens is 154 g/mol. The number of likely N-dealkylation sites (N-methyl/N-ethyl adjacent to an activating group) is 1. The van der Waals surface area contributed by atoms with Crippen molar-refractivity contribution in [2.24, 2.45) is 0 Å². The second-order valence-electron chi connectivity index (χ2n) is 3.06. The molecule has 0 atom stereocenters. The van der Waals surface area contributed by atoms with Gasteiger partial charge in [-0.25, -0.2) is 0 Å². The summed E-state index contributed by atoms with van der Waals surface area (Å²) >= 11 is 0. The summed E-state index contributed by atoms with van der Waals surface area (Å²) in [6, 6.07) is 0.519. The normalized spacial score (nSPS) is 10.8. The summed E-state index contributed by atoms with van der Waals surface area (Å²) in [5, 5.41) is 0. The van der Waals surface area contributed by atoms with Crippen LogP contribution in [0.15, 0.2) is 0 Å². The second-order valence-corrected chi connectivity index (χ2v) is 3.06. The van der Waals surface area contributed by atoms with Gasteiger partial charge in [-0.3, -0.25) is 9.69 Å². The van der Waals surface area contributed by atoms with Gasteiger partial charge in [0.1, 0.15) is 6.61 Å². The summed E-state index contributed by atoms with van der Waals surface area (Å²) in [5.74, 6) is -0.199. The van der Waals surface area contributed by atoms with Crippen molar-refractivity contribution in [1.29, 1.82) is 0 Å². The molecule has 0 aromatic carbocycles. The third kappa shape index (κ3) is 5.13. The van der Waals surface area contributed by atoms with Crippen molar-refractivity contribution in [3.8, 4) is 0 Å². The first-order chi connectivity index (χ1) is 5.57. The molecule has 0 fully saturated rings. The van der Waals surface area contributed by atoms with Gasteiger partial charge >= 0.3 is 5.97 Å². The zero-order valence-electron chi connectivity index (χ0n) is 8.46. The maximum absolute atomic E-state index is 10.4. The molecule has 0 aliphatic rings. The van der Waals surface area contributed by atoms with Crippen LogP contribution in [0.4, 0.5) is 0 Å². The van der Waals surface area contributed by atoms with Crippen molar-refractivity contribution in [1.82, 2.24) is 4.90 Å². The standard InChI is InChI=1S/C9H19NO2/c1-5-10(8(2)3)6-7-12-9(4)11/h8H,5-7H2,1-4H3. The van der Waals surface area contributed by atoms with Crippen LogP contribution in [0.5, 0.6) is 0 Å². The number of carbonyl (C=O) groups is 1. The van der Waals surface area contributed by atoms with Crippen molar-refractivity contribution >= 4 is 5.97 Å². The van der Waals surface area contributed by atoms with E-state index in [1.54, 1.807) is 0 Å². The number of hydrogen-bond acceptors (Lipinski definition) is 3. The van der Waals surface area contributed by atoms with Gasteiger partial charge in [0.05, 0.1) is 0 Å². The number of carbonyl (C=O) groups excluding carboxylic acids is 1. The van der Waals surface area contributed by atoms with Crippen LogP contribution in [0, 0.1) is 0 Å². The summed E-state index contributed by atoms with van der Waals surface area (Å²) in [6.07, 6.45) is 0. The molecule has 0 radical (unpaired) electrons. The Morgan fingerprint density at radius 3 is 2.42 bits per heavy atom. The van der Waals surface area contributed by atoms with Gasteiger partial charge in [-0.1, -0.05) is 6.92 Å². The van der Waals surface area contributed by atoms with Gasteiger partial charge in [0.15, 0.2) is 0 Å². The SMILES string of the molecule is CCN(CCOC(C)=O)C(C)C. The van der Waals surface area contributed by atoms with E-state index in [9.17, 15) is 4.79 Å². The Labute approximate surface area is 74.7 Å². The molecule has 0 bridgehead atoms. The van der Waals surface area contributed by atoms with E-state index in [-0.39, 0.29) is 5.97 Å². The average Bonchev–Trinajstić information content (AvgIpc) is 1.96. The van der Waals surface area contributed by atoms with E-state index in [1.165, 1.54) is 6.92 Å². The maximum atomic E-state index is 10.4. The molecule has 0 N–H and O–H groups in total. The molecule has 12 heavy (non-hydrogen) atoms. The molecule has 0 aromatic rings. The number of esters is 1. The topological polar surface area (TPSA) is 29.5 Å². The van der Waals surface area contributed by atoms with Gasteiger partial charge < -0.3 is 4.74 Å². The van der Waals surface area contributed by atoms with Crippen LogP contribution in [0.3, 0.4) is 0 Å². The lowest BCUT2D eigenvalue weighted by molar-refractivity contribution is -0.141. The predicted octanol–water partition coefficient (Wildman–Crippen LogP) is 1.28. The molecule has 0 saturated carbocycles. The van der Waals surface area contributed by atoms with Crippen molar-refractivity contribution < 1.29 is 9.53 Å². The Kier molecular flexibility index (Phi) is 5.72. The Bertz CT molecular complexity index is 134. The fourth-order valence-corrected chi connectivity index (χ4v) is 1.09. The van der Waals surface area contributed by atoms with Crippen molar-refractivity contribution in [3.63, 3.8) is 0 Å². The average molecular weight is 173 g/mol. The van der Waals surface area contributed by atoms with Gasteiger partial charge in [0, 0.05) is 19.5 Å². The number of rotatable bonds is 5. The first-order valence-corrected chi connectivity index (χ1v) is 4.45. The molecule has 0 heterocycles. The fraction of sp³-hybridized carbons (Fsp3) is 0.889. The largest absolute Gasteiger partial charge is 0.465 e. The van der Waals surface area contributed by atoms with Gasteiger partial charge in [-0.15, -0.1) is 0 Å². The number of ether oxygens (including phenoxy) is 1. The molecule has 3 nitrogen and oxygen atoms in total. The van der Waals surface area contributed by atoms with Crippen LogP contribution in [-0.4, -0.2) is 36.6 Å². The lowest BCUT2D eigenvalue weighted by Crippen LogP contribution is -2.33. The minimum absolute atomic E-state index is 0.199. The first-order valence-electron chi connectivity index (χ1n) is 4.45. The van der Waals surface area contributed by atoms with Crippen molar-refractivity contribution in [3.05, 3.63) is 0 Å². The van der Waals surface area contributed by atoms with E-state index in [1.807, 2.05) is 0 Å². The quantitative estimate of drug-likeness (QED) is 0.586. The van der Waals surface area contributed by atoms with Gasteiger partial charge in [-0.05, 0) is 20.4 Å². The van der Waals surface area contributed by atoms with Gasteiger partial charge in [0.25, 0.3) is 0 Å². The van der Waals surface area contributed by atoms with Crippen LogP contribution >= 0.6 is 0 Å². The third-order valence-electron chi connectivity index (χ3n) is 1.82. The van der Waals surface area contributed by atoms with Crippen molar-refractivity contribution in [2.45, 2.75) is 33.7 Å². The van der Waals surface area contributed by atoms with Crippen LogP contribution in [0.2, 0.25) is 0 Å². The minimum atomic E-state index is -0.199. The molecular formula is C9H19NO2. The summed E-state index contributed by atoms with van der Waals surface area (Å²) in [5.41, 5.74) is 0. The van der Waals surface area contributed by atoms with E-state index < -0.39 is 0 Å². The van der Waals surface area contributed by atoms with E-state index >= 15 is 0 Å². The van der Waals surface area contributed by atoms with Crippen LogP contribution in [0.1, 0.15) is 27.7 Å². The lowest BCUT2D eigenvalue weighted by atomic mass is 10.3. The molecule has 0 spiro atoms. The minimum Gasteiger partial charge on any atom is -0.465 e. The molecule has 0 saturated heterocycles. The maximum Gasteiger partial charge on any atom is 0.302 e. The van der Waals surface area contributed by atoms with E-state index in [2.05, 4.69) is 25.7 Å². The highest BCUT2D eigenvalue weighted by Gasteiger charge is 2.06. The van der Waals surface area contributed by atoms with E-state index in [4.69, 9.17) is 4.74 Å². The molecule has 0 aliphatic carbocycles. The highest BCUT2D eigenvalue weighted by atomic mass is 16.5. The predicted molar refractivity (Wildman–Crippen MR) is 49.0 cm³/mol. The Balaban J connectivity index is 3.51. The summed E-state index contributed by atoms with van der Waals surface area (Å²) < 4.78 is 4.84. The van der Waals surface area contributed by atoms with Crippen LogP contribution in [-0.2, 0) is 9.53 Å². The molecule has 0 amide bonds. The smallest absolute Gasteiger partial charge is 0.302 e. The summed E-state index contributed by atoms with van der Waals surface area (Å²) in [6.45, 7) is 10.1. The zero-order chi connectivity index (χ0) is 9.56. The molecule has 72 valence electrons. The molecule has 0 aromatic heterocycles. The molecule has 0 rings (SSSR count). The van der Waals surface area contributed by atoms with E-state index in [0.717, 1.165) is 13.1 Å². The van der Waals surface area contributed by atoms with Crippen LogP contribution < -0.4 is 0 Å². The van der Waals surface area contributed by atoms with E-state index in [0.29, 0.717) is 12.6 Å². The third-order valence-corrected chi connectivity index (χ3v) is 1.82. The molecule has 3 heteroatoms. The highest BCUT2D eigenvalue weighted by Crippen LogP contribution is 1.96. The Morgan fingerprint density at radius 2 is 2.08 bits per heavy atom. The number of hydrogen-bond donors (Lipinski definition) is 0. The zero-order valence-corrected chi connectivity index (χ0v) is 8.46. The summed E-state index contributed by atoms with van der Waals surface area (Å²) in [7, 11) is 0. The van der Waals surface area contributed by atoms with Gasteiger partial charge in [0.2, 0.25) is 0 Å². The van der Waals surface area contributed by atoms with Crippen LogP contribution in [0.25, 0.3) is 0 Å². The Hall–Kier alpha value is -0.570. The molecule has 0 aliphatic heterocycles. The summed E-state index contributed by atoms with van der Waals surface area (Å²) in [4.78, 5) is 12.7. The van der Waals surface area contributed by atoms with Crippen molar-refractivity contribution in [2.75, 3.05) is 19.7 Å². The Morgan fingerprint density at radius 1 is 1.50 bits per heavy atom. The first kappa shape index (κ1) is 11.4. The second kappa shape index (κ2) is 6.00. The highest BCUT2D eigenvalue weighted by molar-refractivity contribution is 5.65.